The van der Waals surface area contributed by atoms with Crippen molar-refractivity contribution in [2.75, 3.05) is 19.6 Å². The molecule has 2 heteroatoms. The summed E-state index contributed by atoms with van der Waals surface area (Å²) in [5, 5.41) is 3.79. The molecule has 3 rings (SSSR count). The molecule has 1 aliphatic carbocycles. The summed E-state index contributed by atoms with van der Waals surface area (Å²) >= 11 is 0. The van der Waals surface area contributed by atoms with Gasteiger partial charge in [0.25, 0.3) is 0 Å². The third kappa shape index (κ3) is 4.96. The fourth-order valence-corrected chi connectivity index (χ4v) is 3.71. The van der Waals surface area contributed by atoms with Gasteiger partial charge in [-0.05, 0) is 70.1 Å². The van der Waals surface area contributed by atoms with Crippen LogP contribution in [0.4, 0.5) is 0 Å². The first-order valence-electron chi connectivity index (χ1n) is 9.08. The van der Waals surface area contributed by atoms with Crippen LogP contribution in [0.25, 0.3) is 0 Å². The lowest BCUT2D eigenvalue weighted by Crippen LogP contribution is -2.42. The second-order valence-electron chi connectivity index (χ2n) is 6.85. The maximum absolute atomic E-state index is 3.79. The van der Waals surface area contributed by atoms with Crippen molar-refractivity contribution in [2.45, 2.75) is 57.5 Å². The fraction of sp³-hybridized carbons (Fsp3) is 0.600. The van der Waals surface area contributed by atoms with E-state index in [2.05, 4.69) is 46.6 Å². The van der Waals surface area contributed by atoms with Gasteiger partial charge in [-0.15, -0.1) is 0 Å². The lowest BCUT2D eigenvalue weighted by Gasteiger charge is -2.32. The van der Waals surface area contributed by atoms with Gasteiger partial charge in [-0.1, -0.05) is 42.0 Å². The minimum atomic E-state index is 0.733. The van der Waals surface area contributed by atoms with Crippen molar-refractivity contribution in [1.29, 1.82) is 0 Å². The minimum Gasteiger partial charge on any atom is -0.314 e. The van der Waals surface area contributed by atoms with Crippen LogP contribution in [0.1, 0.15) is 50.5 Å². The van der Waals surface area contributed by atoms with Gasteiger partial charge in [0.1, 0.15) is 0 Å². The predicted octanol–water partition coefficient (Wildman–Crippen LogP) is 4.13. The molecule has 22 heavy (non-hydrogen) atoms. The molecule has 2 aliphatic rings. The number of allylic oxidation sites excluding steroid dienone is 1. The number of hydrogen-bond acceptors (Lipinski definition) is 2. The summed E-state index contributed by atoms with van der Waals surface area (Å²) in [5.74, 6) is 0. The number of likely N-dealkylation sites (tertiary alicyclic amines) is 1. The van der Waals surface area contributed by atoms with Gasteiger partial charge in [-0.25, -0.2) is 0 Å². The van der Waals surface area contributed by atoms with Crippen molar-refractivity contribution in [2.24, 2.45) is 0 Å². The van der Waals surface area contributed by atoms with Crippen molar-refractivity contribution in [1.82, 2.24) is 10.2 Å². The summed E-state index contributed by atoms with van der Waals surface area (Å²) in [6.45, 7) is 4.75. The highest BCUT2D eigenvalue weighted by molar-refractivity contribution is 5.14. The molecule has 1 fully saturated rings. The van der Waals surface area contributed by atoms with Crippen molar-refractivity contribution in [3.63, 3.8) is 0 Å². The lowest BCUT2D eigenvalue weighted by atomic mass is 9.97. The second kappa shape index (κ2) is 8.50. The number of piperidine rings is 1. The summed E-state index contributed by atoms with van der Waals surface area (Å²) < 4.78 is 0. The van der Waals surface area contributed by atoms with E-state index in [1.54, 1.807) is 5.57 Å². The molecule has 1 aromatic rings. The quantitative estimate of drug-likeness (QED) is 0.794. The Morgan fingerprint density at radius 2 is 1.86 bits per heavy atom. The van der Waals surface area contributed by atoms with E-state index < -0.39 is 0 Å². The van der Waals surface area contributed by atoms with E-state index >= 15 is 0 Å². The Morgan fingerprint density at radius 3 is 2.59 bits per heavy atom. The van der Waals surface area contributed by atoms with Crippen molar-refractivity contribution < 1.29 is 0 Å². The number of nitrogens with zero attached hydrogens (tertiary/aromatic N) is 1. The van der Waals surface area contributed by atoms with Gasteiger partial charge in [-0.3, -0.25) is 4.90 Å². The first-order chi connectivity index (χ1) is 10.9. The summed E-state index contributed by atoms with van der Waals surface area (Å²) in [6, 6.07) is 11.6. The van der Waals surface area contributed by atoms with Crippen LogP contribution in [-0.2, 0) is 6.54 Å². The normalized spacial score (nSPS) is 20.8. The standard InChI is InChI=1S/C20H30N2/c1-3-7-18(8-4-1)11-14-21-20-12-15-22(16-13-20)17-19-9-5-2-6-10-19/h2,5-7,9-10,20-21H,1,3-4,8,11-17H2. The van der Waals surface area contributed by atoms with Crippen molar-refractivity contribution in [3.8, 4) is 0 Å². The van der Waals surface area contributed by atoms with Crippen molar-refractivity contribution >= 4 is 0 Å². The molecule has 1 heterocycles. The van der Waals surface area contributed by atoms with Gasteiger partial charge >= 0.3 is 0 Å². The molecule has 0 aromatic heterocycles. The topological polar surface area (TPSA) is 15.3 Å². The Bertz CT molecular complexity index is 458. The molecule has 0 atom stereocenters. The zero-order valence-electron chi connectivity index (χ0n) is 13.8. The predicted molar refractivity (Wildman–Crippen MR) is 93.9 cm³/mol. The first-order valence-corrected chi connectivity index (χ1v) is 9.08. The van der Waals surface area contributed by atoms with Crippen LogP contribution in [0, 0.1) is 0 Å². The first kappa shape index (κ1) is 15.8. The van der Waals surface area contributed by atoms with Crippen molar-refractivity contribution in [3.05, 3.63) is 47.5 Å². The molecule has 0 amide bonds. The molecule has 0 radical (unpaired) electrons. The highest BCUT2D eigenvalue weighted by atomic mass is 15.1. The summed E-state index contributed by atoms with van der Waals surface area (Å²) in [7, 11) is 0. The van der Waals surface area contributed by atoms with Gasteiger partial charge in [0.15, 0.2) is 0 Å². The summed E-state index contributed by atoms with van der Waals surface area (Å²) in [5.41, 5.74) is 3.14. The molecule has 0 unspecified atom stereocenters. The molecule has 1 aromatic carbocycles. The molecule has 120 valence electrons. The van der Waals surface area contributed by atoms with Crippen LogP contribution in [0.3, 0.4) is 0 Å². The molecule has 2 nitrogen and oxygen atoms in total. The van der Waals surface area contributed by atoms with Gasteiger partial charge < -0.3 is 5.32 Å². The van der Waals surface area contributed by atoms with Gasteiger partial charge in [0.2, 0.25) is 0 Å². The zero-order valence-corrected chi connectivity index (χ0v) is 13.8. The summed E-state index contributed by atoms with van der Waals surface area (Å²) in [4.78, 5) is 2.59. The van der Waals surface area contributed by atoms with Crippen LogP contribution in [0.2, 0.25) is 0 Å². The Labute approximate surface area is 135 Å². The van der Waals surface area contributed by atoms with E-state index in [1.807, 2.05) is 0 Å². The van der Waals surface area contributed by atoms with Gasteiger partial charge in [-0.2, -0.15) is 0 Å². The van der Waals surface area contributed by atoms with Crippen LogP contribution in [0.5, 0.6) is 0 Å². The molecular formula is C20H30N2. The molecule has 0 bridgehead atoms. The smallest absolute Gasteiger partial charge is 0.0233 e. The van der Waals surface area contributed by atoms with Crippen LogP contribution in [0.15, 0.2) is 42.0 Å². The summed E-state index contributed by atoms with van der Waals surface area (Å²) in [6.07, 6.45) is 11.8. The molecular weight excluding hydrogens is 268 g/mol. The molecule has 0 spiro atoms. The van der Waals surface area contributed by atoms with Gasteiger partial charge in [0, 0.05) is 12.6 Å². The number of hydrogen-bond donors (Lipinski definition) is 1. The third-order valence-electron chi connectivity index (χ3n) is 5.10. The van der Waals surface area contributed by atoms with Gasteiger partial charge in [0.05, 0.1) is 0 Å². The Kier molecular flexibility index (Phi) is 6.09. The maximum atomic E-state index is 3.79. The maximum Gasteiger partial charge on any atom is 0.0233 e. The monoisotopic (exact) mass is 298 g/mol. The van der Waals surface area contributed by atoms with Crippen LogP contribution >= 0.6 is 0 Å². The molecule has 1 aliphatic heterocycles. The van der Waals surface area contributed by atoms with E-state index in [-0.39, 0.29) is 0 Å². The van der Waals surface area contributed by atoms with E-state index in [0.717, 1.165) is 12.6 Å². The number of benzene rings is 1. The Balaban J connectivity index is 1.32. The largest absolute Gasteiger partial charge is 0.314 e. The molecule has 0 saturated carbocycles. The van der Waals surface area contributed by atoms with E-state index in [4.69, 9.17) is 0 Å². The SMILES string of the molecule is C1=C(CCNC2CCN(Cc3ccccc3)CC2)CCCC1. The average Bonchev–Trinajstić information content (AvgIpc) is 2.58. The Morgan fingerprint density at radius 1 is 1.05 bits per heavy atom. The Hall–Kier alpha value is -1.12. The molecule has 1 saturated heterocycles. The second-order valence-corrected chi connectivity index (χ2v) is 6.85. The highest BCUT2D eigenvalue weighted by Gasteiger charge is 2.18. The van der Waals surface area contributed by atoms with E-state index in [9.17, 15) is 0 Å². The number of rotatable bonds is 6. The number of nitrogens with one attached hydrogen (secondary N) is 1. The average molecular weight is 298 g/mol. The van der Waals surface area contributed by atoms with E-state index in [1.165, 1.54) is 70.1 Å². The minimum absolute atomic E-state index is 0.733. The highest BCUT2D eigenvalue weighted by Crippen LogP contribution is 2.20. The zero-order chi connectivity index (χ0) is 15.0. The lowest BCUT2D eigenvalue weighted by molar-refractivity contribution is 0.191. The molecule has 1 N–H and O–H groups in total. The van der Waals surface area contributed by atoms with E-state index in [0.29, 0.717) is 0 Å². The van der Waals surface area contributed by atoms with Crippen LogP contribution in [-0.4, -0.2) is 30.6 Å². The fourth-order valence-electron chi connectivity index (χ4n) is 3.71. The van der Waals surface area contributed by atoms with Crippen LogP contribution < -0.4 is 5.32 Å². The third-order valence-corrected chi connectivity index (χ3v) is 5.10.